The predicted octanol–water partition coefficient (Wildman–Crippen LogP) is 0.724. The third-order valence-corrected chi connectivity index (χ3v) is 2.83. The zero-order chi connectivity index (χ0) is 9.76. The van der Waals surface area contributed by atoms with Crippen LogP contribution >= 0.6 is 0 Å². The summed E-state index contributed by atoms with van der Waals surface area (Å²) in [4.78, 5) is 25.0. The molecule has 5 nitrogen and oxygen atoms in total. The summed E-state index contributed by atoms with van der Waals surface area (Å²) in [6.07, 6.45) is 4.13. The standard InChI is InChI=1S/C9H9N3O2/c13-4-6-7-5(3-10-6)12-9(1-2-9)8(14)11-7/h3-4,10,12H,1-2H2,(H,11,14). The molecule has 0 atom stereocenters. The first-order valence-corrected chi connectivity index (χ1v) is 4.51. The van der Waals surface area contributed by atoms with E-state index in [0.717, 1.165) is 18.5 Å². The number of fused-ring (bicyclic) bond motifs is 1. The summed E-state index contributed by atoms with van der Waals surface area (Å²) in [5, 5.41) is 5.90. The first-order valence-electron chi connectivity index (χ1n) is 4.51. The normalized spacial score (nSPS) is 21.0. The lowest BCUT2D eigenvalue weighted by Crippen LogP contribution is -2.40. The Labute approximate surface area is 79.9 Å². The zero-order valence-corrected chi connectivity index (χ0v) is 7.39. The van der Waals surface area contributed by atoms with Crippen LogP contribution in [-0.4, -0.2) is 22.7 Å². The lowest BCUT2D eigenvalue weighted by molar-refractivity contribution is -0.117. The molecule has 14 heavy (non-hydrogen) atoms. The Morgan fingerprint density at radius 3 is 2.86 bits per heavy atom. The number of anilines is 2. The maximum Gasteiger partial charge on any atom is 0.250 e. The van der Waals surface area contributed by atoms with E-state index in [4.69, 9.17) is 0 Å². The van der Waals surface area contributed by atoms with Crippen LogP contribution in [0.2, 0.25) is 0 Å². The fourth-order valence-corrected chi connectivity index (χ4v) is 1.79. The molecule has 1 saturated carbocycles. The molecule has 1 aromatic rings. The van der Waals surface area contributed by atoms with E-state index < -0.39 is 5.54 Å². The molecule has 5 heteroatoms. The van der Waals surface area contributed by atoms with E-state index in [0.29, 0.717) is 17.7 Å². The molecule has 1 aliphatic heterocycles. The van der Waals surface area contributed by atoms with Crippen molar-refractivity contribution in [2.45, 2.75) is 18.4 Å². The first-order chi connectivity index (χ1) is 6.75. The minimum atomic E-state index is -0.394. The molecule has 1 fully saturated rings. The number of carbonyl (C=O) groups is 2. The molecule has 0 radical (unpaired) electrons. The minimum absolute atomic E-state index is 0.0345. The second kappa shape index (κ2) is 2.17. The summed E-state index contributed by atoms with van der Waals surface area (Å²) in [7, 11) is 0. The van der Waals surface area contributed by atoms with Gasteiger partial charge in [0, 0.05) is 6.20 Å². The molecule has 1 spiro atoms. The van der Waals surface area contributed by atoms with Crippen LogP contribution in [0.5, 0.6) is 0 Å². The summed E-state index contributed by atoms with van der Waals surface area (Å²) in [5.74, 6) is -0.0345. The molecule has 0 unspecified atom stereocenters. The highest BCUT2D eigenvalue weighted by atomic mass is 16.2. The summed E-state index contributed by atoms with van der Waals surface area (Å²) in [6, 6.07) is 0. The average Bonchev–Trinajstić information content (AvgIpc) is 2.84. The zero-order valence-electron chi connectivity index (χ0n) is 7.39. The van der Waals surface area contributed by atoms with Gasteiger partial charge in [0.2, 0.25) is 5.91 Å². The van der Waals surface area contributed by atoms with Gasteiger partial charge in [-0.25, -0.2) is 0 Å². The second-order valence-corrected chi connectivity index (χ2v) is 3.77. The Bertz CT molecular complexity index is 431. The van der Waals surface area contributed by atoms with Crippen molar-refractivity contribution in [3.05, 3.63) is 11.9 Å². The topological polar surface area (TPSA) is 74.0 Å². The Morgan fingerprint density at radius 2 is 2.21 bits per heavy atom. The van der Waals surface area contributed by atoms with Gasteiger partial charge in [-0.2, -0.15) is 0 Å². The number of aldehydes is 1. The van der Waals surface area contributed by atoms with Crippen LogP contribution in [0, 0.1) is 0 Å². The number of H-pyrrole nitrogens is 1. The Morgan fingerprint density at radius 1 is 1.43 bits per heavy atom. The van der Waals surface area contributed by atoms with E-state index in [-0.39, 0.29) is 5.91 Å². The van der Waals surface area contributed by atoms with E-state index in [1.54, 1.807) is 6.20 Å². The fraction of sp³-hybridized carbons (Fsp3) is 0.333. The number of nitrogens with one attached hydrogen (secondary N) is 3. The SMILES string of the molecule is O=Cc1[nH]cc2c1NC(=O)C1(CC1)N2. The van der Waals surface area contributed by atoms with E-state index in [1.807, 2.05) is 0 Å². The molecule has 0 bridgehead atoms. The van der Waals surface area contributed by atoms with Crippen LogP contribution in [0.4, 0.5) is 11.4 Å². The van der Waals surface area contributed by atoms with Gasteiger partial charge in [0.15, 0.2) is 6.29 Å². The third kappa shape index (κ3) is 0.787. The van der Waals surface area contributed by atoms with Gasteiger partial charge in [-0.15, -0.1) is 0 Å². The molecular weight excluding hydrogens is 182 g/mol. The molecule has 0 saturated heterocycles. The molecule has 2 aliphatic rings. The molecule has 2 heterocycles. The molecule has 3 N–H and O–H groups in total. The lowest BCUT2D eigenvalue weighted by atomic mass is 10.1. The van der Waals surface area contributed by atoms with Gasteiger partial charge < -0.3 is 15.6 Å². The molecule has 0 aromatic carbocycles. The monoisotopic (exact) mass is 191 g/mol. The van der Waals surface area contributed by atoms with Gasteiger partial charge in [0.05, 0.1) is 11.4 Å². The molecule has 1 aliphatic carbocycles. The van der Waals surface area contributed by atoms with E-state index in [9.17, 15) is 9.59 Å². The summed E-state index contributed by atoms with van der Waals surface area (Å²) >= 11 is 0. The quantitative estimate of drug-likeness (QED) is 0.573. The van der Waals surface area contributed by atoms with Crippen molar-refractivity contribution in [1.29, 1.82) is 0 Å². The maximum atomic E-state index is 11.6. The third-order valence-electron chi connectivity index (χ3n) is 2.83. The van der Waals surface area contributed by atoms with Crippen molar-refractivity contribution in [3.63, 3.8) is 0 Å². The second-order valence-electron chi connectivity index (χ2n) is 3.77. The van der Waals surface area contributed by atoms with E-state index in [2.05, 4.69) is 15.6 Å². The summed E-state index contributed by atoms with van der Waals surface area (Å²) in [6.45, 7) is 0. The van der Waals surface area contributed by atoms with Crippen LogP contribution in [0.25, 0.3) is 0 Å². The number of carbonyl (C=O) groups excluding carboxylic acids is 2. The van der Waals surface area contributed by atoms with Gasteiger partial charge in [-0.3, -0.25) is 9.59 Å². The average molecular weight is 191 g/mol. The summed E-state index contributed by atoms with van der Waals surface area (Å²) in [5.41, 5.74) is 1.40. The highest BCUT2D eigenvalue weighted by Crippen LogP contribution is 2.45. The fourth-order valence-electron chi connectivity index (χ4n) is 1.79. The number of hydrogen-bond donors (Lipinski definition) is 3. The molecule has 1 aromatic heterocycles. The van der Waals surface area contributed by atoms with Crippen LogP contribution < -0.4 is 10.6 Å². The lowest BCUT2D eigenvalue weighted by Gasteiger charge is -2.24. The van der Waals surface area contributed by atoms with Gasteiger partial charge in [-0.05, 0) is 12.8 Å². The van der Waals surface area contributed by atoms with Crippen molar-refractivity contribution in [2.75, 3.05) is 10.6 Å². The van der Waals surface area contributed by atoms with Gasteiger partial charge in [-0.1, -0.05) is 0 Å². The number of rotatable bonds is 1. The van der Waals surface area contributed by atoms with Gasteiger partial charge in [0.1, 0.15) is 11.2 Å². The Balaban J connectivity index is 2.08. The van der Waals surface area contributed by atoms with Crippen molar-refractivity contribution in [2.24, 2.45) is 0 Å². The number of aromatic nitrogens is 1. The van der Waals surface area contributed by atoms with Crippen LogP contribution in [0.3, 0.4) is 0 Å². The molecular formula is C9H9N3O2. The van der Waals surface area contributed by atoms with E-state index >= 15 is 0 Å². The van der Waals surface area contributed by atoms with Crippen molar-refractivity contribution in [3.8, 4) is 0 Å². The number of hydrogen-bond acceptors (Lipinski definition) is 3. The largest absolute Gasteiger partial charge is 0.368 e. The molecule has 1 amide bonds. The van der Waals surface area contributed by atoms with Crippen molar-refractivity contribution >= 4 is 23.6 Å². The highest BCUT2D eigenvalue weighted by Gasteiger charge is 2.52. The Kier molecular flexibility index (Phi) is 1.18. The highest BCUT2D eigenvalue weighted by molar-refractivity contribution is 6.10. The summed E-state index contributed by atoms with van der Waals surface area (Å²) < 4.78 is 0. The molecule has 3 rings (SSSR count). The van der Waals surface area contributed by atoms with Crippen molar-refractivity contribution in [1.82, 2.24) is 4.98 Å². The molecule has 72 valence electrons. The van der Waals surface area contributed by atoms with Gasteiger partial charge >= 0.3 is 0 Å². The van der Waals surface area contributed by atoms with Crippen LogP contribution in [0.15, 0.2) is 6.20 Å². The van der Waals surface area contributed by atoms with Crippen molar-refractivity contribution < 1.29 is 9.59 Å². The van der Waals surface area contributed by atoms with Crippen LogP contribution in [-0.2, 0) is 4.79 Å². The van der Waals surface area contributed by atoms with Gasteiger partial charge in [0.25, 0.3) is 0 Å². The van der Waals surface area contributed by atoms with E-state index in [1.165, 1.54) is 0 Å². The van der Waals surface area contributed by atoms with Crippen LogP contribution in [0.1, 0.15) is 23.3 Å². The maximum absolute atomic E-state index is 11.6. The smallest absolute Gasteiger partial charge is 0.250 e. The predicted molar refractivity (Wildman–Crippen MR) is 50.4 cm³/mol. The number of amides is 1. The first kappa shape index (κ1) is 7.61. The minimum Gasteiger partial charge on any atom is -0.368 e. The Hall–Kier alpha value is -1.78. The number of aromatic amines is 1.